The molecule has 14 heavy (non-hydrogen) atoms. The third kappa shape index (κ3) is 2.48. The maximum absolute atomic E-state index is 5.44. The maximum atomic E-state index is 5.44. The van der Waals surface area contributed by atoms with E-state index in [-0.39, 0.29) is 5.41 Å². The quantitative estimate of drug-likeness (QED) is 0.788. The summed E-state index contributed by atoms with van der Waals surface area (Å²) in [5.74, 6) is 0.778. The number of rotatable bonds is 3. The normalized spacial score (nSPS) is 11.8. The summed E-state index contributed by atoms with van der Waals surface area (Å²) in [6.07, 6.45) is 0. The summed E-state index contributed by atoms with van der Waals surface area (Å²) in [4.78, 5) is 0. The second-order valence-corrected chi connectivity index (χ2v) is 4.38. The van der Waals surface area contributed by atoms with Gasteiger partial charge in [0.2, 0.25) is 5.88 Å². The predicted octanol–water partition coefficient (Wildman–Crippen LogP) is 1.06. The number of nitrogens with two attached hydrogens (primary N) is 1. The average Bonchev–Trinajstić information content (AvgIpc) is 2.43. The Hall–Kier alpha value is -1.03. The van der Waals surface area contributed by atoms with Crippen LogP contribution in [-0.4, -0.2) is 22.9 Å². The maximum Gasteiger partial charge on any atom is 0.211 e. The number of aromatic nitrogens is 2. The Morgan fingerprint density at radius 3 is 2.57 bits per heavy atom. The molecule has 1 heterocycles. The van der Waals surface area contributed by atoms with Crippen LogP contribution in [0.25, 0.3) is 0 Å². The summed E-state index contributed by atoms with van der Waals surface area (Å²) in [6.45, 7) is 7.44. The van der Waals surface area contributed by atoms with Gasteiger partial charge in [-0.15, -0.1) is 0 Å². The number of nitrogens with zero attached hydrogens (tertiary/aromatic N) is 2. The third-order valence-corrected chi connectivity index (χ3v) is 1.97. The molecule has 0 bridgehead atoms. The van der Waals surface area contributed by atoms with Crippen molar-refractivity contribution in [2.75, 3.05) is 13.2 Å². The van der Waals surface area contributed by atoms with Gasteiger partial charge in [-0.1, -0.05) is 20.8 Å². The molecular formula is C10H19N3O. The van der Waals surface area contributed by atoms with E-state index in [2.05, 4.69) is 25.9 Å². The van der Waals surface area contributed by atoms with E-state index in [9.17, 15) is 0 Å². The van der Waals surface area contributed by atoms with Crippen molar-refractivity contribution in [3.05, 3.63) is 11.8 Å². The first kappa shape index (κ1) is 11.0. The monoisotopic (exact) mass is 197 g/mol. The molecule has 0 aliphatic heterocycles. The lowest BCUT2D eigenvalue weighted by molar-refractivity contribution is 0.299. The highest BCUT2D eigenvalue weighted by molar-refractivity contribution is 5.21. The zero-order valence-corrected chi connectivity index (χ0v) is 9.37. The van der Waals surface area contributed by atoms with E-state index in [4.69, 9.17) is 10.5 Å². The minimum atomic E-state index is 0.0576. The zero-order valence-electron chi connectivity index (χ0n) is 9.37. The van der Waals surface area contributed by atoms with Gasteiger partial charge in [0, 0.05) is 25.1 Å². The Kier molecular flexibility index (Phi) is 3.16. The first-order valence-corrected chi connectivity index (χ1v) is 4.82. The van der Waals surface area contributed by atoms with E-state index in [0.717, 1.165) is 11.6 Å². The van der Waals surface area contributed by atoms with Crippen molar-refractivity contribution in [1.82, 2.24) is 9.78 Å². The second kappa shape index (κ2) is 4.00. The van der Waals surface area contributed by atoms with Crippen molar-refractivity contribution in [1.29, 1.82) is 0 Å². The van der Waals surface area contributed by atoms with Crippen molar-refractivity contribution >= 4 is 0 Å². The first-order valence-electron chi connectivity index (χ1n) is 4.82. The van der Waals surface area contributed by atoms with Crippen LogP contribution < -0.4 is 10.5 Å². The fourth-order valence-corrected chi connectivity index (χ4v) is 1.12. The molecule has 0 saturated heterocycles. The summed E-state index contributed by atoms with van der Waals surface area (Å²) >= 11 is 0. The molecule has 0 saturated carbocycles. The molecule has 0 fully saturated rings. The highest BCUT2D eigenvalue weighted by Crippen LogP contribution is 2.24. The van der Waals surface area contributed by atoms with Gasteiger partial charge < -0.3 is 10.5 Å². The molecule has 0 aromatic carbocycles. The minimum absolute atomic E-state index is 0.0576. The van der Waals surface area contributed by atoms with Gasteiger partial charge in [-0.05, 0) is 0 Å². The lowest BCUT2D eigenvalue weighted by atomic mass is 9.93. The Bertz CT molecular complexity index is 299. The van der Waals surface area contributed by atoms with Crippen LogP contribution in [-0.2, 0) is 12.5 Å². The molecule has 80 valence electrons. The number of aryl methyl sites for hydroxylation is 1. The Balaban J connectivity index is 2.82. The van der Waals surface area contributed by atoms with Crippen LogP contribution >= 0.6 is 0 Å². The van der Waals surface area contributed by atoms with Crippen LogP contribution in [0.4, 0.5) is 0 Å². The van der Waals surface area contributed by atoms with Gasteiger partial charge in [0.25, 0.3) is 0 Å². The van der Waals surface area contributed by atoms with E-state index < -0.39 is 0 Å². The van der Waals surface area contributed by atoms with Gasteiger partial charge in [-0.2, -0.15) is 5.10 Å². The smallest absolute Gasteiger partial charge is 0.211 e. The fourth-order valence-electron chi connectivity index (χ4n) is 1.12. The number of ether oxygens (including phenoxy) is 1. The Morgan fingerprint density at radius 1 is 1.50 bits per heavy atom. The molecule has 1 rings (SSSR count). The van der Waals surface area contributed by atoms with E-state index >= 15 is 0 Å². The van der Waals surface area contributed by atoms with Crippen molar-refractivity contribution in [2.24, 2.45) is 12.8 Å². The SMILES string of the molecule is Cn1nc(C(C)(C)C)cc1OCCN. The number of hydrogen-bond donors (Lipinski definition) is 1. The Morgan fingerprint density at radius 2 is 2.14 bits per heavy atom. The zero-order chi connectivity index (χ0) is 10.8. The molecule has 1 aromatic rings. The molecular weight excluding hydrogens is 178 g/mol. The van der Waals surface area contributed by atoms with Crippen molar-refractivity contribution < 1.29 is 4.74 Å². The van der Waals surface area contributed by atoms with Gasteiger partial charge in [0.1, 0.15) is 6.61 Å². The van der Waals surface area contributed by atoms with Gasteiger partial charge in [0.05, 0.1) is 5.69 Å². The summed E-state index contributed by atoms with van der Waals surface area (Å²) in [6, 6.07) is 1.97. The third-order valence-electron chi connectivity index (χ3n) is 1.97. The first-order chi connectivity index (χ1) is 6.45. The lowest BCUT2D eigenvalue weighted by Crippen LogP contribution is -2.12. The summed E-state index contributed by atoms with van der Waals surface area (Å²) in [5.41, 5.74) is 6.46. The molecule has 2 N–H and O–H groups in total. The molecule has 0 aliphatic rings. The van der Waals surface area contributed by atoms with Crippen LogP contribution in [0.1, 0.15) is 26.5 Å². The molecule has 4 heteroatoms. The van der Waals surface area contributed by atoms with Gasteiger partial charge in [-0.3, -0.25) is 0 Å². The van der Waals surface area contributed by atoms with Gasteiger partial charge in [0.15, 0.2) is 0 Å². The lowest BCUT2D eigenvalue weighted by Gasteiger charge is -2.13. The number of hydrogen-bond acceptors (Lipinski definition) is 3. The van der Waals surface area contributed by atoms with Crippen molar-refractivity contribution in [3.63, 3.8) is 0 Å². The van der Waals surface area contributed by atoms with Crippen LogP contribution in [0.3, 0.4) is 0 Å². The van der Waals surface area contributed by atoms with Gasteiger partial charge in [-0.25, -0.2) is 4.68 Å². The summed E-state index contributed by atoms with van der Waals surface area (Å²) < 4.78 is 7.18. The van der Waals surface area contributed by atoms with Crippen LogP contribution in [0.15, 0.2) is 6.07 Å². The fraction of sp³-hybridized carbons (Fsp3) is 0.700. The summed E-state index contributed by atoms with van der Waals surface area (Å²) in [5, 5.41) is 4.39. The van der Waals surface area contributed by atoms with E-state index in [1.54, 1.807) is 4.68 Å². The van der Waals surface area contributed by atoms with Crippen molar-refractivity contribution in [2.45, 2.75) is 26.2 Å². The second-order valence-electron chi connectivity index (χ2n) is 4.38. The van der Waals surface area contributed by atoms with Crippen LogP contribution in [0.5, 0.6) is 5.88 Å². The van der Waals surface area contributed by atoms with Crippen molar-refractivity contribution in [3.8, 4) is 5.88 Å². The average molecular weight is 197 g/mol. The van der Waals surface area contributed by atoms with E-state index in [0.29, 0.717) is 13.2 Å². The van der Waals surface area contributed by atoms with Crippen LogP contribution in [0.2, 0.25) is 0 Å². The van der Waals surface area contributed by atoms with E-state index in [1.165, 1.54) is 0 Å². The molecule has 0 unspecified atom stereocenters. The molecule has 1 aromatic heterocycles. The Labute approximate surface area is 85.0 Å². The highest BCUT2D eigenvalue weighted by Gasteiger charge is 2.19. The molecule has 0 spiro atoms. The standard InChI is InChI=1S/C10H19N3O/c1-10(2,3)8-7-9(13(4)12-8)14-6-5-11/h7H,5-6,11H2,1-4H3. The molecule has 4 nitrogen and oxygen atoms in total. The minimum Gasteiger partial charge on any atom is -0.476 e. The van der Waals surface area contributed by atoms with E-state index in [1.807, 2.05) is 13.1 Å². The highest BCUT2D eigenvalue weighted by atomic mass is 16.5. The molecule has 0 radical (unpaired) electrons. The molecule has 0 amide bonds. The topological polar surface area (TPSA) is 53.1 Å². The molecule has 0 aliphatic carbocycles. The summed E-state index contributed by atoms with van der Waals surface area (Å²) in [7, 11) is 1.88. The van der Waals surface area contributed by atoms with Gasteiger partial charge >= 0.3 is 0 Å². The van der Waals surface area contributed by atoms with Crippen LogP contribution in [0, 0.1) is 0 Å². The largest absolute Gasteiger partial charge is 0.476 e. The predicted molar refractivity (Wildman–Crippen MR) is 56.5 cm³/mol. The molecule has 0 atom stereocenters.